The van der Waals surface area contributed by atoms with E-state index >= 15 is 0 Å². The first-order chi connectivity index (χ1) is 10.5. The van der Waals surface area contributed by atoms with Crippen molar-refractivity contribution in [2.24, 2.45) is 0 Å². The molecule has 1 aliphatic rings. The van der Waals surface area contributed by atoms with Crippen LogP contribution < -0.4 is 10.9 Å². The van der Waals surface area contributed by atoms with Crippen LogP contribution in [-0.4, -0.2) is 27.3 Å². The van der Waals surface area contributed by atoms with Gasteiger partial charge in [-0.05, 0) is 52.0 Å². The Balaban J connectivity index is 2.19. The SMILES string of the molecule is CC(O)CNc1nc2sc3c(c2c(=O)n1C(C)C)CCCC3. The van der Waals surface area contributed by atoms with Crippen LogP contribution in [0.4, 0.5) is 5.95 Å². The summed E-state index contributed by atoms with van der Waals surface area (Å²) in [7, 11) is 0. The number of hydrogen-bond donors (Lipinski definition) is 2. The first-order valence-corrected chi connectivity index (χ1v) is 8.79. The molecule has 0 amide bonds. The van der Waals surface area contributed by atoms with Crippen LogP contribution in [-0.2, 0) is 12.8 Å². The zero-order chi connectivity index (χ0) is 15.9. The molecule has 0 radical (unpaired) electrons. The lowest BCUT2D eigenvalue weighted by Crippen LogP contribution is -2.28. The Morgan fingerprint density at radius 1 is 1.32 bits per heavy atom. The summed E-state index contributed by atoms with van der Waals surface area (Å²) in [5.74, 6) is 0.562. The highest BCUT2D eigenvalue weighted by atomic mass is 32.1. The monoisotopic (exact) mass is 321 g/mol. The largest absolute Gasteiger partial charge is 0.392 e. The fourth-order valence-corrected chi connectivity index (χ4v) is 4.31. The Bertz CT molecular complexity index is 746. The second-order valence-electron chi connectivity index (χ2n) is 6.33. The minimum Gasteiger partial charge on any atom is -0.392 e. The average Bonchev–Trinajstić information content (AvgIpc) is 2.82. The molecule has 0 aliphatic heterocycles. The Morgan fingerprint density at radius 2 is 2.05 bits per heavy atom. The number of aliphatic hydroxyl groups is 1. The van der Waals surface area contributed by atoms with Gasteiger partial charge in [-0.2, -0.15) is 0 Å². The summed E-state index contributed by atoms with van der Waals surface area (Å²) in [5.41, 5.74) is 1.27. The van der Waals surface area contributed by atoms with Crippen LogP contribution in [0.2, 0.25) is 0 Å². The van der Waals surface area contributed by atoms with Crippen molar-refractivity contribution in [3.05, 3.63) is 20.8 Å². The second kappa shape index (κ2) is 6.01. The molecule has 0 fully saturated rings. The predicted molar refractivity (Wildman–Crippen MR) is 91.1 cm³/mol. The quantitative estimate of drug-likeness (QED) is 0.908. The number of rotatable bonds is 4. The van der Waals surface area contributed by atoms with Gasteiger partial charge >= 0.3 is 0 Å². The number of nitrogens with one attached hydrogen (secondary N) is 1. The van der Waals surface area contributed by atoms with Crippen molar-refractivity contribution in [2.45, 2.75) is 58.6 Å². The van der Waals surface area contributed by atoms with Gasteiger partial charge in [-0.25, -0.2) is 4.98 Å². The Kier molecular flexibility index (Phi) is 4.23. The first kappa shape index (κ1) is 15.5. The molecule has 5 nitrogen and oxygen atoms in total. The number of aromatic nitrogens is 2. The number of anilines is 1. The van der Waals surface area contributed by atoms with E-state index in [9.17, 15) is 9.90 Å². The van der Waals surface area contributed by atoms with Crippen LogP contribution in [0.1, 0.15) is 50.1 Å². The van der Waals surface area contributed by atoms with Gasteiger partial charge < -0.3 is 10.4 Å². The van der Waals surface area contributed by atoms with Gasteiger partial charge in [-0.15, -0.1) is 11.3 Å². The smallest absolute Gasteiger partial charge is 0.264 e. The molecule has 1 atom stereocenters. The molecule has 22 heavy (non-hydrogen) atoms. The third kappa shape index (κ3) is 2.65. The predicted octanol–water partition coefficient (Wildman–Crippen LogP) is 2.71. The standard InChI is InChI=1S/C16H23N3O2S/c1-9(2)19-15(21)13-11-6-4-5-7-12(11)22-14(13)18-16(19)17-8-10(3)20/h9-10,20H,4-8H2,1-3H3,(H,17,18). The number of fused-ring (bicyclic) bond motifs is 3. The molecule has 0 aromatic carbocycles. The summed E-state index contributed by atoms with van der Waals surface area (Å²) < 4.78 is 1.71. The number of nitrogens with zero attached hydrogens (tertiary/aromatic N) is 2. The van der Waals surface area contributed by atoms with Gasteiger partial charge in [0.05, 0.1) is 11.5 Å². The number of thiophene rings is 1. The van der Waals surface area contributed by atoms with E-state index in [4.69, 9.17) is 4.98 Å². The maximum atomic E-state index is 13.0. The first-order valence-electron chi connectivity index (χ1n) is 7.97. The van der Waals surface area contributed by atoms with E-state index in [1.807, 2.05) is 13.8 Å². The molecule has 2 aromatic heterocycles. The highest BCUT2D eigenvalue weighted by Gasteiger charge is 2.22. The molecule has 0 saturated heterocycles. The maximum Gasteiger partial charge on any atom is 0.264 e. The van der Waals surface area contributed by atoms with E-state index in [2.05, 4.69) is 5.32 Å². The molecule has 0 saturated carbocycles. The van der Waals surface area contributed by atoms with Crippen molar-refractivity contribution in [3.8, 4) is 0 Å². The number of hydrogen-bond acceptors (Lipinski definition) is 5. The number of aliphatic hydroxyl groups excluding tert-OH is 1. The molecule has 2 aromatic rings. The van der Waals surface area contributed by atoms with Gasteiger partial charge in [0.15, 0.2) is 0 Å². The second-order valence-corrected chi connectivity index (χ2v) is 7.41. The molecule has 6 heteroatoms. The summed E-state index contributed by atoms with van der Waals surface area (Å²) in [6.07, 6.45) is 3.93. The van der Waals surface area contributed by atoms with Crippen molar-refractivity contribution in [1.82, 2.24) is 9.55 Å². The summed E-state index contributed by atoms with van der Waals surface area (Å²) in [5, 5.41) is 13.4. The molecule has 1 aliphatic carbocycles. The van der Waals surface area contributed by atoms with Gasteiger partial charge in [0.2, 0.25) is 5.95 Å². The Morgan fingerprint density at radius 3 is 2.73 bits per heavy atom. The summed E-state index contributed by atoms with van der Waals surface area (Å²) in [6.45, 7) is 6.07. The van der Waals surface area contributed by atoms with Gasteiger partial charge in [0, 0.05) is 17.5 Å². The van der Waals surface area contributed by atoms with Crippen molar-refractivity contribution >= 4 is 27.5 Å². The van der Waals surface area contributed by atoms with Gasteiger partial charge in [-0.1, -0.05) is 0 Å². The molecular formula is C16H23N3O2S. The lowest BCUT2D eigenvalue weighted by Gasteiger charge is -2.18. The topological polar surface area (TPSA) is 67.2 Å². The zero-order valence-electron chi connectivity index (χ0n) is 13.3. The van der Waals surface area contributed by atoms with Gasteiger partial charge in [0.1, 0.15) is 4.83 Å². The normalized spacial score (nSPS) is 16.0. The lowest BCUT2D eigenvalue weighted by atomic mass is 9.97. The van der Waals surface area contributed by atoms with Gasteiger partial charge in [0.25, 0.3) is 5.56 Å². The fourth-order valence-electron chi connectivity index (χ4n) is 3.06. The van der Waals surface area contributed by atoms with Crippen molar-refractivity contribution in [3.63, 3.8) is 0 Å². The average molecular weight is 321 g/mol. The van der Waals surface area contributed by atoms with Crippen LogP contribution in [0, 0.1) is 0 Å². The minimum absolute atomic E-state index is 0.0278. The maximum absolute atomic E-state index is 13.0. The van der Waals surface area contributed by atoms with E-state index < -0.39 is 6.10 Å². The summed E-state index contributed by atoms with van der Waals surface area (Å²) in [6, 6.07) is 0.0278. The van der Waals surface area contributed by atoms with Crippen LogP contribution in [0.25, 0.3) is 10.2 Å². The zero-order valence-corrected chi connectivity index (χ0v) is 14.2. The molecule has 2 heterocycles. The number of aryl methyl sites for hydroxylation is 2. The van der Waals surface area contributed by atoms with E-state index in [1.54, 1.807) is 22.8 Å². The third-order valence-corrected chi connectivity index (χ3v) is 5.28. The van der Waals surface area contributed by atoms with E-state index in [0.29, 0.717) is 12.5 Å². The fraction of sp³-hybridized carbons (Fsp3) is 0.625. The Hall–Kier alpha value is -1.40. The highest BCUT2D eigenvalue weighted by molar-refractivity contribution is 7.18. The van der Waals surface area contributed by atoms with Crippen molar-refractivity contribution in [1.29, 1.82) is 0 Å². The lowest BCUT2D eigenvalue weighted by molar-refractivity contribution is 0.208. The Labute approximate surface area is 134 Å². The van der Waals surface area contributed by atoms with E-state index in [1.165, 1.54) is 16.9 Å². The van der Waals surface area contributed by atoms with Crippen LogP contribution >= 0.6 is 11.3 Å². The highest BCUT2D eigenvalue weighted by Crippen LogP contribution is 2.34. The van der Waals surface area contributed by atoms with Crippen molar-refractivity contribution in [2.75, 3.05) is 11.9 Å². The molecular weight excluding hydrogens is 298 g/mol. The van der Waals surface area contributed by atoms with E-state index in [0.717, 1.165) is 29.5 Å². The molecule has 2 N–H and O–H groups in total. The van der Waals surface area contributed by atoms with Crippen LogP contribution in [0.5, 0.6) is 0 Å². The molecule has 1 unspecified atom stereocenters. The van der Waals surface area contributed by atoms with Crippen molar-refractivity contribution < 1.29 is 5.11 Å². The third-order valence-electron chi connectivity index (χ3n) is 4.09. The van der Waals surface area contributed by atoms with Crippen LogP contribution in [0.15, 0.2) is 4.79 Å². The van der Waals surface area contributed by atoms with Gasteiger partial charge in [-0.3, -0.25) is 9.36 Å². The molecule has 3 rings (SSSR count). The minimum atomic E-state index is -0.482. The molecule has 0 spiro atoms. The summed E-state index contributed by atoms with van der Waals surface area (Å²) in [4.78, 5) is 19.9. The molecule has 0 bridgehead atoms. The summed E-state index contributed by atoms with van der Waals surface area (Å²) >= 11 is 1.66. The van der Waals surface area contributed by atoms with E-state index in [-0.39, 0.29) is 11.6 Å². The molecule has 120 valence electrons. The van der Waals surface area contributed by atoms with Crippen LogP contribution in [0.3, 0.4) is 0 Å².